The molecule has 1 aromatic carbocycles. The first-order valence-electron chi connectivity index (χ1n) is 6.86. The first-order valence-corrected chi connectivity index (χ1v) is 6.86. The lowest BCUT2D eigenvalue weighted by Gasteiger charge is -2.25. The Balaban J connectivity index is 2.28. The largest absolute Gasteiger partial charge is 0.369 e. The molecular weight excluding hydrogens is 241 g/mol. The van der Waals surface area contributed by atoms with Crippen molar-refractivity contribution in [1.29, 1.82) is 0 Å². The van der Waals surface area contributed by atoms with Gasteiger partial charge < -0.3 is 15.5 Å². The highest BCUT2D eigenvalue weighted by Crippen LogP contribution is 2.31. The van der Waals surface area contributed by atoms with Gasteiger partial charge in [0.25, 0.3) is 0 Å². The lowest BCUT2D eigenvalue weighted by molar-refractivity contribution is 0.266. The third-order valence-electron chi connectivity index (χ3n) is 4.06. The third kappa shape index (κ3) is 2.90. The van der Waals surface area contributed by atoms with Crippen molar-refractivity contribution in [2.24, 2.45) is 11.7 Å². The van der Waals surface area contributed by atoms with Gasteiger partial charge in [0.15, 0.2) is 0 Å². The molecule has 1 aliphatic rings. The van der Waals surface area contributed by atoms with E-state index in [0.29, 0.717) is 12.0 Å². The maximum Gasteiger partial charge on any atom is 0.123 e. The second-order valence-corrected chi connectivity index (χ2v) is 5.91. The Hall–Kier alpha value is -1.13. The van der Waals surface area contributed by atoms with Crippen molar-refractivity contribution in [2.75, 3.05) is 32.1 Å². The minimum absolute atomic E-state index is 0.153. The van der Waals surface area contributed by atoms with Crippen molar-refractivity contribution in [2.45, 2.75) is 25.9 Å². The summed E-state index contributed by atoms with van der Waals surface area (Å²) in [6.07, 6.45) is 0. The molecule has 3 atom stereocenters. The highest BCUT2D eigenvalue weighted by molar-refractivity contribution is 5.56. The summed E-state index contributed by atoms with van der Waals surface area (Å²) in [5, 5.41) is 0. The van der Waals surface area contributed by atoms with Crippen LogP contribution in [0.15, 0.2) is 18.2 Å². The molecule has 2 N–H and O–H groups in total. The Bertz CT molecular complexity index is 445. The average Bonchev–Trinajstić information content (AvgIpc) is 2.71. The van der Waals surface area contributed by atoms with Gasteiger partial charge in [0, 0.05) is 30.9 Å². The van der Waals surface area contributed by atoms with Gasteiger partial charge in [-0.2, -0.15) is 0 Å². The summed E-state index contributed by atoms with van der Waals surface area (Å²) < 4.78 is 13.4. The Kier molecular flexibility index (Phi) is 4.11. The number of benzene rings is 1. The molecule has 0 aliphatic carbocycles. The molecule has 2 rings (SSSR count). The van der Waals surface area contributed by atoms with Crippen LogP contribution in [0.25, 0.3) is 0 Å². The average molecular weight is 265 g/mol. The molecular formula is C15H24FN3. The van der Waals surface area contributed by atoms with E-state index in [-0.39, 0.29) is 11.9 Å². The summed E-state index contributed by atoms with van der Waals surface area (Å²) in [5.41, 5.74) is 7.95. The molecule has 1 fully saturated rings. The van der Waals surface area contributed by atoms with Crippen molar-refractivity contribution in [3.63, 3.8) is 0 Å². The highest BCUT2D eigenvalue weighted by atomic mass is 19.1. The number of anilines is 1. The van der Waals surface area contributed by atoms with E-state index in [9.17, 15) is 4.39 Å². The van der Waals surface area contributed by atoms with Gasteiger partial charge in [-0.3, -0.25) is 0 Å². The summed E-state index contributed by atoms with van der Waals surface area (Å²) in [4.78, 5) is 4.59. The van der Waals surface area contributed by atoms with Crippen LogP contribution in [0.4, 0.5) is 10.1 Å². The molecule has 2 unspecified atom stereocenters. The number of rotatable bonds is 3. The zero-order chi connectivity index (χ0) is 14.2. The van der Waals surface area contributed by atoms with E-state index in [2.05, 4.69) is 30.8 Å². The Labute approximate surface area is 115 Å². The van der Waals surface area contributed by atoms with Crippen LogP contribution in [0.2, 0.25) is 0 Å². The van der Waals surface area contributed by atoms with E-state index in [1.165, 1.54) is 6.07 Å². The smallest absolute Gasteiger partial charge is 0.123 e. The molecule has 1 aliphatic heterocycles. The van der Waals surface area contributed by atoms with Gasteiger partial charge in [-0.25, -0.2) is 4.39 Å². The number of nitrogens with zero attached hydrogens (tertiary/aromatic N) is 2. The summed E-state index contributed by atoms with van der Waals surface area (Å²) in [6, 6.07) is 5.33. The molecule has 0 spiro atoms. The Morgan fingerprint density at radius 1 is 1.37 bits per heavy atom. The van der Waals surface area contributed by atoms with E-state index in [0.717, 1.165) is 24.3 Å². The molecule has 19 heavy (non-hydrogen) atoms. The van der Waals surface area contributed by atoms with Crippen LogP contribution in [-0.4, -0.2) is 38.1 Å². The maximum atomic E-state index is 13.4. The predicted molar refractivity (Wildman–Crippen MR) is 77.9 cm³/mol. The fourth-order valence-electron chi connectivity index (χ4n) is 3.00. The Morgan fingerprint density at radius 2 is 2.05 bits per heavy atom. The van der Waals surface area contributed by atoms with Gasteiger partial charge in [-0.05, 0) is 50.7 Å². The van der Waals surface area contributed by atoms with Crippen LogP contribution in [0, 0.1) is 11.7 Å². The molecule has 0 radical (unpaired) electrons. The quantitative estimate of drug-likeness (QED) is 0.909. The van der Waals surface area contributed by atoms with Crippen molar-refractivity contribution in [3.8, 4) is 0 Å². The first-order chi connectivity index (χ1) is 8.90. The fraction of sp³-hybridized carbons (Fsp3) is 0.600. The van der Waals surface area contributed by atoms with Gasteiger partial charge in [-0.15, -0.1) is 0 Å². The minimum Gasteiger partial charge on any atom is -0.369 e. The number of hydrogen-bond donors (Lipinski definition) is 1. The molecule has 1 aromatic rings. The molecule has 106 valence electrons. The summed E-state index contributed by atoms with van der Waals surface area (Å²) in [7, 11) is 4.23. The minimum atomic E-state index is -0.215. The number of halogens is 1. The predicted octanol–water partition coefficient (Wildman–Crippen LogP) is 2.23. The van der Waals surface area contributed by atoms with Crippen molar-refractivity contribution in [3.05, 3.63) is 29.6 Å². The second-order valence-electron chi connectivity index (χ2n) is 5.91. The van der Waals surface area contributed by atoms with E-state index < -0.39 is 0 Å². The summed E-state index contributed by atoms with van der Waals surface area (Å²) in [6.45, 7) is 6.13. The van der Waals surface area contributed by atoms with Crippen molar-refractivity contribution >= 4 is 5.69 Å². The van der Waals surface area contributed by atoms with Gasteiger partial charge in [0.2, 0.25) is 0 Å². The topological polar surface area (TPSA) is 32.5 Å². The molecule has 0 amide bonds. The lowest BCUT2D eigenvalue weighted by Crippen LogP contribution is -2.34. The number of nitrogens with two attached hydrogens (primary N) is 1. The molecule has 1 saturated heterocycles. The molecule has 3 nitrogen and oxygen atoms in total. The number of likely N-dealkylation sites (N-methyl/N-ethyl adjacent to an activating group) is 1. The standard InChI is InChI=1S/C15H24FN3/c1-10-8-19(9-15(10)18(3)4)14-6-5-12(16)7-13(14)11(2)17/h5-7,10-11,15H,8-9,17H2,1-4H3/t10?,11-,15?/m1/s1. The van der Waals surface area contributed by atoms with Crippen LogP contribution in [0.1, 0.15) is 25.5 Å². The van der Waals surface area contributed by atoms with E-state index in [1.54, 1.807) is 6.07 Å². The number of hydrogen-bond acceptors (Lipinski definition) is 3. The van der Waals surface area contributed by atoms with Crippen molar-refractivity contribution in [1.82, 2.24) is 4.90 Å². The SMILES string of the molecule is CC1CN(c2ccc(F)cc2[C@@H](C)N)CC1N(C)C. The molecule has 4 heteroatoms. The van der Waals surface area contributed by atoms with Crippen LogP contribution in [-0.2, 0) is 0 Å². The van der Waals surface area contributed by atoms with Crippen LogP contribution in [0.3, 0.4) is 0 Å². The normalized spacial score (nSPS) is 25.1. The van der Waals surface area contributed by atoms with Gasteiger partial charge in [-0.1, -0.05) is 6.92 Å². The van der Waals surface area contributed by atoms with Crippen LogP contribution in [0.5, 0.6) is 0 Å². The van der Waals surface area contributed by atoms with Crippen LogP contribution < -0.4 is 10.6 Å². The van der Waals surface area contributed by atoms with Gasteiger partial charge in [0.1, 0.15) is 5.82 Å². The van der Waals surface area contributed by atoms with Crippen molar-refractivity contribution < 1.29 is 4.39 Å². The zero-order valence-corrected chi connectivity index (χ0v) is 12.2. The van der Waals surface area contributed by atoms with E-state index >= 15 is 0 Å². The second kappa shape index (κ2) is 5.47. The zero-order valence-electron chi connectivity index (χ0n) is 12.2. The van der Waals surface area contributed by atoms with E-state index in [4.69, 9.17) is 5.73 Å². The molecule has 0 aromatic heterocycles. The Morgan fingerprint density at radius 3 is 2.58 bits per heavy atom. The fourth-order valence-corrected chi connectivity index (χ4v) is 3.00. The molecule has 0 bridgehead atoms. The molecule has 1 heterocycles. The third-order valence-corrected chi connectivity index (χ3v) is 4.06. The maximum absolute atomic E-state index is 13.4. The summed E-state index contributed by atoms with van der Waals surface area (Å²) >= 11 is 0. The van der Waals surface area contributed by atoms with Gasteiger partial charge in [0.05, 0.1) is 0 Å². The van der Waals surface area contributed by atoms with Gasteiger partial charge >= 0.3 is 0 Å². The van der Waals surface area contributed by atoms with Crippen LogP contribution >= 0.6 is 0 Å². The first kappa shape index (κ1) is 14.3. The lowest BCUT2D eigenvalue weighted by atomic mass is 10.1. The highest BCUT2D eigenvalue weighted by Gasteiger charge is 2.32. The molecule has 0 saturated carbocycles. The summed E-state index contributed by atoms with van der Waals surface area (Å²) in [5.74, 6) is 0.383. The monoisotopic (exact) mass is 265 g/mol. The van der Waals surface area contributed by atoms with E-state index in [1.807, 2.05) is 13.0 Å².